The van der Waals surface area contributed by atoms with Crippen LogP contribution < -0.4 is 5.32 Å². The first-order valence-electron chi connectivity index (χ1n) is 5.64. The molecule has 0 aliphatic heterocycles. The molecular weight excluding hydrogens is 232 g/mol. The van der Waals surface area contributed by atoms with Crippen molar-refractivity contribution >= 4 is 11.6 Å². The Morgan fingerprint density at radius 1 is 1.06 bits per heavy atom. The van der Waals surface area contributed by atoms with Gasteiger partial charge in [-0.3, -0.25) is 4.98 Å². The number of alkyl halides is 1. The first-order valence-corrected chi connectivity index (χ1v) is 6.18. The number of rotatable bonds is 5. The van der Waals surface area contributed by atoms with E-state index < -0.39 is 0 Å². The number of nitrogens with zero attached hydrogens (tertiary/aromatic N) is 1. The first-order chi connectivity index (χ1) is 8.40. The summed E-state index contributed by atoms with van der Waals surface area (Å²) in [5, 5.41) is 3.41. The molecule has 0 bridgehead atoms. The van der Waals surface area contributed by atoms with Crippen LogP contribution in [0.4, 0.5) is 0 Å². The van der Waals surface area contributed by atoms with Crippen LogP contribution in [0.1, 0.15) is 17.3 Å². The monoisotopic (exact) mass is 246 g/mol. The molecular formula is C14H15ClN2. The minimum atomic E-state index is 0.167. The van der Waals surface area contributed by atoms with Gasteiger partial charge in [0.25, 0.3) is 0 Å². The fraction of sp³-hybridized carbons (Fsp3) is 0.214. The zero-order valence-corrected chi connectivity index (χ0v) is 10.3. The normalized spacial score (nSPS) is 12.3. The topological polar surface area (TPSA) is 24.9 Å². The maximum Gasteiger partial charge on any atom is 0.0541 e. The molecule has 0 aliphatic rings. The van der Waals surface area contributed by atoms with Gasteiger partial charge >= 0.3 is 0 Å². The van der Waals surface area contributed by atoms with Crippen LogP contribution >= 0.6 is 11.6 Å². The lowest BCUT2D eigenvalue weighted by atomic mass is 10.1. The molecule has 2 nitrogen and oxygen atoms in total. The lowest BCUT2D eigenvalue weighted by Crippen LogP contribution is -2.22. The summed E-state index contributed by atoms with van der Waals surface area (Å²) in [5.41, 5.74) is 2.23. The molecule has 0 aliphatic carbocycles. The predicted molar refractivity (Wildman–Crippen MR) is 71.0 cm³/mol. The van der Waals surface area contributed by atoms with E-state index in [9.17, 15) is 0 Å². The molecule has 0 radical (unpaired) electrons. The minimum absolute atomic E-state index is 0.167. The second kappa shape index (κ2) is 6.38. The number of hydrogen-bond acceptors (Lipinski definition) is 2. The third-order valence-corrected chi connectivity index (χ3v) is 2.92. The van der Waals surface area contributed by atoms with Crippen LogP contribution in [0.25, 0.3) is 0 Å². The molecule has 2 aromatic rings. The molecule has 88 valence electrons. The molecule has 1 heterocycles. The Kier molecular flexibility index (Phi) is 4.54. The summed E-state index contributed by atoms with van der Waals surface area (Å²) < 4.78 is 0. The average Bonchev–Trinajstić information content (AvgIpc) is 2.42. The molecule has 0 saturated heterocycles. The Morgan fingerprint density at radius 2 is 1.82 bits per heavy atom. The smallest absolute Gasteiger partial charge is 0.0541 e. The molecule has 0 fully saturated rings. The van der Waals surface area contributed by atoms with Gasteiger partial charge in [-0.15, -0.1) is 11.6 Å². The van der Waals surface area contributed by atoms with Crippen molar-refractivity contribution in [3.05, 3.63) is 66.0 Å². The van der Waals surface area contributed by atoms with Gasteiger partial charge in [0.2, 0.25) is 0 Å². The van der Waals surface area contributed by atoms with Gasteiger partial charge in [-0.05, 0) is 17.7 Å². The van der Waals surface area contributed by atoms with Crippen LogP contribution in [0.2, 0.25) is 0 Å². The SMILES string of the molecule is ClCC(NCc1ccccn1)c1ccccc1. The summed E-state index contributed by atoms with van der Waals surface area (Å²) in [6.45, 7) is 0.729. The summed E-state index contributed by atoms with van der Waals surface area (Å²) >= 11 is 5.99. The Morgan fingerprint density at radius 3 is 2.47 bits per heavy atom. The van der Waals surface area contributed by atoms with Crippen molar-refractivity contribution in [3.63, 3.8) is 0 Å². The maximum atomic E-state index is 5.99. The molecule has 1 unspecified atom stereocenters. The molecule has 3 heteroatoms. The standard InChI is InChI=1S/C14H15ClN2/c15-10-14(12-6-2-1-3-7-12)17-11-13-8-4-5-9-16-13/h1-9,14,17H,10-11H2. The molecule has 2 rings (SSSR count). The van der Waals surface area contributed by atoms with E-state index in [4.69, 9.17) is 11.6 Å². The molecule has 0 amide bonds. The number of halogens is 1. The van der Waals surface area contributed by atoms with Crippen molar-refractivity contribution in [1.82, 2.24) is 10.3 Å². The van der Waals surface area contributed by atoms with Crippen LogP contribution in [-0.2, 0) is 6.54 Å². The lowest BCUT2D eigenvalue weighted by Gasteiger charge is -2.16. The van der Waals surface area contributed by atoms with E-state index in [0.717, 1.165) is 12.2 Å². The number of benzene rings is 1. The molecule has 1 aromatic heterocycles. The van der Waals surface area contributed by atoms with Gasteiger partial charge < -0.3 is 5.32 Å². The zero-order chi connectivity index (χ0) is 11.9. The van der Waals surface area contributed by atoms with Crippen LogP contribution in [0.15, 0.2) is 54.7 Å². The average molecular weight is 247 g/mol. The number of aromatic nitrogens is 1. The third kappa shape index (κ3) is 3.55. The van der Waals surface area contributed by atoms with E-state index in [0.29, 0.717) is 5.88 Å². The van der Waals surface area contributed by atoms with Crippen LogP contribution in [0.5, 0.6) is 0 Å². The van der Waals surface area contributed by atoms with Gasteiger partial charge in [0.05, 0.1) is 5.69 Å². The van der Waals surface area contributed by atoms with Gasteiger partial charge in [-0.1, -0.05) is 36.4 Å². The molecule has 1 atom stereocenters. The van der Waals surface area contributed by atoms with E-state index in [2.05, 4.69) is 22.4 Å². The van der Waals surface area contributed by atoms with Crippen LogP contribution in [0.3, 0.4) is 0 Å². The summed E-state index contributed by atoms with van der Waals surface area (Å²) in [4.78, 5) is 4.27. The number of hydrogen-bond donors (Lipinski definition) is 1. The minimum Gasteiger partial charge on any atom is -0.303 e. The first kappa shape index (κ1) is 12.1. The van der Waals surface area contributed by atoms with Crippen molar-refractivity contribution in [2.24, 2.45) is 0 Å². The van der Waals surface area contributed by atoms with E-state index in [1.165, 1.54) is 5.56 Å². The summed E-state index contributed by atoms with van der Waals surface area (Å²) in [6.07, 6.45) is 1.80. The fourth-order valence-corrected chi connectivity index (χ4v) is 1.96. The fourth-order valence-electron chi connectivity index (χ4n) is 1.68. The summed E-state index contributed by atoms with van der Waals surface area (Å²) in [5.74, 6) is 0.552. The molecule has 1 N–H and O–H groups in total. The molecule has 0 spiro atoms. The van der Waals surface area contributed by atoms with E-state index >= 15 is 0 Å². The second-order valence-electron chi connectivity index (χ2n) is 3.82. The van der Waals surface area contributed by atoms with E-state index in [1.54, 1.807) is 6.20 Å². The van der Waals surface area contributed by atoms with Crippen molar-refractivity contribution in [3.8, 4) is 0 Å². The Hall–Kier alpha value is -1.38. The van der Waals surface area contributed by atoms with Gasteiger partial charge in [-0.25, -0.2) is 0 Å². The van der Waals surface area contributed by atoms with Gasteiger partial charge in [0.1, 0.15) is 0 Å². The number of nitrogens with one attached hydrogen (secondary N) is 1. The largest absolute Gasteiger partial charge is 0.303 e. The second-order valence-corrected chi connectivity index (χ2v) is 4.13. The van der Waals surface area contributed by atoms with Crippen molar-refractivity contribution in [2.45, 2.75) is 12.6 Å². The Labute approximate surface area is 107 Å². The van der Waals surface area contributed by atoms with E-state index in [-0.39, 0.29) is 6.04 Å². The lowest BCUT2D eigenvalue weighted by molar-refractivity contribution is 0.572. The highest BCUT2D eigenvalue weighted by atomic mass is 35.5. The highest BCUT2D eigenvalue weighted by Crippen LogP contribution is 2.14. The van der Waals surface area contributed by atoms with Crippen molar-refractivity contribution < 1.29 is 0 Å². The summed E-state index contributed by atoms with van der Waals surface area (Å²) in [6, 6.07) is 16.3. The maximum absolute atomic E-state index is 5.99. The van der Waals surface area contributed by atoms with Gasteiger partial charge in [0, 0.05) is 24.7 Å². The molecule has 1 aromatic carbocycles. The summed E-state index contributed by atoms with van der Waals surface area (Å²) in [7, 11) is 0. The predicted octanol–water partition coefficient (Wildman–Crippen LogP) is 3.15. The molecule has 17 heavy (non-hydrogen) atoms. The van der Waals surface area contributed by atoms with Crippen molar-refractivity contribution in [2.75, 3.05) is 5.88 Å². The highest BCUT2D eigenvalue weighted by molar-refractivity contribution is 6.18. The van der Waals surface area contributed by atoms with Crippen LogP contribution in [-0.4, -0.2) is 10.9 Å². The highest BCUT2D eigenvalue weighted by Gasteiger charge is 2.08. The number of pyridine rings is 1. The Balaban J connectivity index is 1.97. The van der Waals surface area contributed by atoms with Crippen molar-refractivity contribution in [1.29, 1.82) is 0 Å². The quantitative estimate of drug-likeness (QED) is 0.820. The van der Waals surface area contributed by atoms with Gasteiger partial charge in [0.15, 0.2) is 0 Å². The van der Waals surface area contributed by atoms with Crippen LogP contribution in [0, 0.1) is 0 Å². The van der Waals surface area contributed by atoms with Gasteiger partial charge in [-0.2, -0.15) is 0 Å². The third-order valence-electron chi connectivity index (χ3n) is 2.61. The van der Waals surface area contributed by atoms with E-state index in [1.807, 2.05) is 36.4 Å². The Bertz CT molecular complexity index is 430. The zero-order valence-electron chi connectivity index (χ0n) is 9.51. The molecule has 0 saturated carbocycles.